The van der Waals surface area contributed by atoms with E-state index >= 15 is 0 Å². The molecule has 3 nitrogen and oxygen atoms in total. The van der Waals surface area contributed by atoms with Gasteiger partial charge in [0.2, 0.25) is 0 Å². The maximum atomic E-state index is 9.04. The van der Waals surface area contributed by atoms with Gasteiger partial charge in [0.25, 0.3) is 0 Å². The van der Waals surface area contributed by atoms with Gasteiger partial charge in [-0.2, -0.15) is 5.26 Å². The Morgan fingerprint density at radius 2 is 2.11 bits per heavy atom. The van der Waals surface area contributed by atoms with Crippen molar-refractivity contribution in [3.8, 4) is 6.07 Å². The summed E-state index contributed by atoms with van der Waals surface area (Å²) in [6, 6.07) is 10.8. The minimum Gasteiger partial charge on any atom is -0.350 e. The van der Waals surface area contributed by atoms with Crippen LogP contribution in [0.4, 0.5) is 0 Å². The summed E-state index contributed by atoms with van der Waals surface area (Å²) in [4.78, 5) is 2.24. The number of para-hydroxylation sites is 1. The second-order valence-electron chi connectivity index (χ2n) is 5.21. The van der Waals surface area contributed by atoms with Gasteiger partial charge in [0.05, 0.1) is 12.0 Å². The molecule has 0 spiro atoms. The zero-order valence-electron chi connectivity index (χ0n) is 11.9. The molecule has 0 amide bonds. The van der Waals surface area contributed by atoms with Crippen LogP contribution in [0.5, 0.6) is 0 Å². The van der Waals surface area contributed by atoms with Gasteiger partial charge in [-0.15, -0.1) is 0 Å². The molecule has 3 heteroatoms. The van der Waals surface area contributed by atoms with Gasteiger partial charge in [-0.1, -0.05) is 25.1 Å². The fraction of sp³-hybridized carbons (Fsp3) is 0.438. The average Bonchev–Trinajstić information content (AvgIpc) is 2.73. The molecule has 0 aliphatic rings. The molecule has 0 fully saturated rings. The Labute approximate surface area is 115 Å². The van der Waals surface area contributed by atoms with Gasteiger partial charge in [-0.05, 0) is 25.1 Å². The number of benzene rings is 1. The normalized spacial score (nSPS) is 12.8. The number of nitrogens with zero attached hydrogens (tertiary/aromatic N) is 3. The summed E-state index contributed by atoms with van der Waals surface area (Å²) >= 11 is 0. The number of nitriles is 1. The van der Waals surface area contributed by atoms with Crippen LogP contribution in [0, 0.1) is 17.2 Å². The van der Waals surface area contributed by atoms with Gasteiger partial charge in [-0.25, -0.2) is 0 Å². The molecule has 0 N–H and O–H groups in total. The van der Waals surface area contributed by atoms with E-state index in [0.29, 0.717) is 0 Å². The molecule has 0 radical (unpaired) electrons. The number of fused-ring (bicyclic) bond motifs is 1. The van der Waals surface area contributed by atoms with Crippen molar-refractivity contribution in [3.05, 3.63) is 36.0 Å². The molecule has 19 heavy (non-hydrogen) atoms. The fourth-order valence-electron chi connectivity index (χ4n) is 2.54. The van der Waals surface area contributed by atoms with Crippen LogP contribution in [0.2, 0.25) is 0 Å². The van der Waals surface area contributed by atoms with Crippen molar-refractivity contribution in [1.82, 2.24) is 9.47 Å². The van der Waals surface area contributed by atoms with E-state index in [2.05, 4.69) is 67.0 Å². The van der Waals surface area contributed by atoms with E-state index in [4.69, 9.17) is 5.26 Å². The van der Waals surface area contributed by atoms with Crippen molar-refractivity contribution < 1.29 is 0 Å². The Kier molecular flexibility index (Phi) is 4.24. The molecule has 2 rings (SSSR count). The highest BCUT2D eigenvalue weighted by atomic mass is 15.1. The smallest absolute Gasteiger partial charge is 0.0669 e. The van der Waals surface area contributed by atoms with Crippen LogP contribution in [0.15, 0.2) is 30.5 Å². The highest BCUT2D eigenvalue weighted by molar-refractivity contribution is 5.83. The first-order valence-electron chi connectivity index (χ1n) is 6.76. The minimum atomic E-state index is 0.125. The third-order valence-corrected chi connectivity index (χ3v) is 3.63. The highest BCUT2D eigenvalue weighted by Crippen LogP contribution is 2.21. The average molecular weight is 255 g/mol. The molecule has 0 aliphatic carbocycles. The first-order valence-corrected chi connectivity index (χ1v) is 6.76. The van der Waals surface area contributed by atoms with Crippen LogP contribution in [-0.2, 0) is 13.6 Å². The van der Waals surface area contributed by atoms with Crippen molar-refractivity contribution in [1.29, 1.82) is 5.26 Å². The first kappa shape index (κ1) is 13.6. The second-order valence-corrected chi connectivity index (χ2v) is 5.21. The maximum absolute atomic E-state index is 9.04. The number of hydrogen-bond donors (Lipinski definition) is 0. The summed E-state index contributed by atoms with van der Waals surface area (Å²) in [6.45, 7) is 3.79. The van der Waals surface area contributed by atoms with Crippen molar-refractivity contribution in [2.45, 2.75) is 19.9 Å². The molecule has 0 aliphatic heterocycles. The number of aromatic nitrogens is 1. The van der Waals surface area contributed by atoms with Crippen LogP contribution in [0.25, 0.3) is 10.9 Å². The molecular weight excluding hydrogens is 234 g/mol. The summed E-state index contributed by atoms with van der Waals surface area (Å²) in [5, 5.41) is 10.3. The maximum Gasteiger partial charge on any atom is 0.0669 e. The van der Waals surface area contributed by atoms with E-state index < -0.39 is 0 Å². The Bertz CT molecular complexity index is 592. The standard InChI is InChI=1S/C16H21N3/c1-4-13(9-17)10-18(2)11-14-12-19(3)16-8-6-5-7-15(14)16/h5-8,12-13H,4,10-11H2,1-3H3. The zero-order valence-corrected chi connectivity index (χ0v) is 11.9. The van der Waals surface area contributed by atoms with E-state index in [1.807, 2.05) is 0 Å². The van der Waals surface area contributed by atoms with Crippen molar-refractivity contribution in [3.63, 3.8) is 0 Å². The third kappa shape index (κ3) is 2.97. The molecule has 1 atom stereocenters. The molecule has 0 saturated carbocycles. The van der Waals surface area contributed by atoms with Gasteiger partial charge in [-0.3, -0.25) is 0 Å². The van der Waals surface area contributed by atoms with Crippen LogP contribution in [0.3, 0.4) is 0 Å². The Hall–Kier alpha value is -1.79. The number of aryl methyl sites for hydroxylation is 1. The van der Waals surface area contributed by atoms with Crippen LogP contribution < -0.4 is 0 Å². The molecule has 100 valence electrons. The van der Waals surface area contributed by atoms with E-state index in [-0.39, 0.29) is 5.92 Å². The lowest BCUT2D eigenvalue weighted by Gasteiger charge is -2.18. The number of hydrogen-bond acceptors (Lipinski definition) is 2. The molecule has 1 heterocycles. The quantitative estimate of drug-likeness (QED) is 0.822. The molecule has 0 saturated heterocycles. The van der Waals surface area contributed by atoms with Crippen LogP contribution >= 0.6 is 0 Å². The molecule has 0 bridgehead atoms. The van der Waals surface area contributed by atoms with Gasteiger partial charge in [0, 0.05) is 37.2 Å². The van der Waals surface area contributed by atoms with Crippen molar-refractivity contribution in [2.24, 2.45) is 13.0 Å². The lowest BCUT2D eigenvalue weighted by Crippen LogP contribution is -2.24. The summed E-state index contributed by atoms with van der Waals surface area (Å²) in [5.74, 6) is 0.125. The summed E-state index contributed by atoms with van der Waals surface area (Å²) < 4.78 is 2.17. The Morgan fingerprint density at radius 1 is 1.37 bits per heavy atom. The predicted molar refractivity (Wildman–Crippen MR) is 78.6 cm³/mol. The predicted octanol–water partition coefficient (Wildman–Crippen LogP) is 3.16. The zero-order chi connectivity index (χ0) is 13.8. The molecular formula is C16H21N3. The summed E-state index contributed by atoms with van der Waals surface area (Å²) in [6.07, 6.45) is 3.10. The number of rotatable bonds is 5. The van der Waals surface area contributed by atoms with Gasteiger partial charge < -0.3 is 9.47 Å². The monoisotopic (exact) mass is 255 g/mol. The van der Waals surface area contributed by atoms with Crippen molar-refractivity contribution >= 4 is 10.9 Å². The SMILES string of the molecule is CCC(C#N)CN(C)Cc1cn(C)c2ccccc12. The van der Waals surface area contributed by atoms with E-state index in [0.717, 1.165) is 19.5 Å². The van der Waals surface area contributed by atoms with Crippen molar-refractivity contribution in [2.75, 3.05) is 13.6 Å². The van der Waals surface area contributed by atoms with E-state index in [9.17, 15) is 0 Å². The summed E-state index contributed by atoms with van der Waals surface area (Å²) in [7, 11) is 4.16. The largest absolute Gasteiger partial charge is 0.350 e. The third-order valence-electron chi connectivity index (χ3n) is 3.63. The Balaban J connectivity index is 2.16. The lowest BCUT2D eigenvalue weighted by atomic mass is 10.1. The molecule has 1 aromatic carbocycles. The molecule has 1 unspecified atom stereocenters. The molecule has 2 aromatic rings. The first-order chi connectivity index (χ1) is 9.15. The van der Waals surface area contributed by atoms with Crippen LogP contribution in [-0.4, -0.2) is 23.1 Å². The lowest BCUT2D eigenvalue weighted by molar-refractivity contribution is 0.293. The fourth-order valence-corrected chi connectivity index (χ4v) is 2.54. The Morgan fingerprint density at radius 3 is 2.79 bits per heavy atom. The van der Waals surface area contributed by atoms with Crippen LogP contribution in [0.1, 0.15) is 18.9 Å². The van der Waals surface area contributed by atoms with Gasteiger partial charge in [0.1, 0.15) is 0 Å². The van der Waals surface area contributed by atoms with Gasteiger partial charge in [0.15, 0.2) is 0 Å². The van der Waals surface area contributed by atoms with E-state index in [1.54, 1.807) is 0 Å². The van der Waals surface area contributed by atoms with Gasteiger partial charge >= 0.3 is 0 Å². The minimum absolute atomic E-state index is 0.125. The topological polar surface area (TPSA) is 32.0 Å². The summed E-state index contributed by atoms with van der Waals surface area (Å²) in [5.41, 5.74) is 2.59. The second kappa shape index (κ2) is 5.90. The highest BCUT2D eigenvalue weighted by Gasteiger charge is 2.12. The van der Waals surface area contributed by atoms with E-state index in [1.165, 1.54) is 16.5 Å². The molecule has 1 aromatic heterocycles.